The first kappa shape index (κ1) is 20.8. The van der Waals surface area contributed by atoms with E-state index in [0.29, 0.717) is 35.9 Å². The van der Waals surface area contributed by atoms with Gasteiger partial charge in [0.15, 0.2) is 5.69 Å². The highest BCUT2D eigenvalue weighted by molar-refractivity contribution is 6.32. The summed E-state index contributed by atoms with van der Waals surface area (Å²) in [5, 5.41) is 4.00. The molecule has 28 heavy (non-hydrogen) atoms. The Balaban J connectivity index is 1.66. The number of halogens is 5. The molecular weight excluding hydrogens is 416 g/mol. The highest BCUT2D eigenvalue weighted by Crippen LogP contribution is 2.36. The summed E-state index contributed by atoms with van der Waals surface area (Å²) in [7, 11) is 0. The average molecular weight is 435 g/mol. The summed E-state index contributed by atoms with van der Waals surface area (Å²) >= 11 is 11.8. The normalized spacial score (nSPS) is 15.2. The summed E-state index contributed by atoms with van der Waals surface area (Å²) in [6.07, 6.45) is -4.68. The molecule has 1 saturated heterocycles. The SMILES string of the molecule is Cc1cc(N2CCN(C(=O)Cn3nc(C)c(Cl)c3C(F)(F)F)CC2)ccc1Cl. The van der Waals surface area contributed by atoms with E-state index in [2.05, 4.69) is 10.00 Å². The lowest BCUT2D eigenvalue weighted by Crippen LogP contribution is -2.49. The van der Waals surface area contributed by atoms with Crippen LogP contribution in [0.3, 0.4) is 0 Å². The van der Waals surface area contributed by atoms with Crippen LogP contribution in [0.5, 0.6) is 0 Å². The van der Waals surface area contributed by atoms with Crippen molar-refractivity contribution in [2.24, 2.45) is 0 Å². The molecule has 0 aliphatic carbocycles. The number of piperazine rings is 1. The second-order valence-corrected chi connectivity index (χ2v) is 7.49. The molecule has 1 aliphatic rings. The van der Waals surface area contributed by atoms with Gasteiger partial charge in [-0.1, -0.05) is 23.2 Å². The second-order valence-electron chi connectivity index (χ2n) is 6.70. The number of rotatable bonds is 3. The standard InChI is InChI=1S/C18H19Cl2F3N4O/c1-11-9-13(3-4-14(11)19)25-5-7-26(8-6-25)15(28)10-27-17(18(21,22)23)16(20)12(2)24-27/h3-4,9H,5-8,10H2,1-2H3. The zero-order chi connectivity index (χ0) is 20.6. The molecule has 0 N–H and O–H groups in total. The Labute approximate surface area is 170 Å². The summed E-state index contributed by atoms with van der Waals surface area (Å²) < 4.78 is 40.3. The number of carbonyl (C=O) groups is 1. The van der Waals surface area contributed by atoms with Crippen molar-refractivity contribution in [1.82, 2.24) is 14.7 Å². The Hall–Kier alpha value is -1.93. The molecule has 0 spiro atoms. The maximum atomic E-state index is 13.2. The molecule has 1 fully saturated rings. The van der Waals surface area contributed by atoms with Crippen molar-refractivity contribution in [1.29, 1.82) is 0 Å². The third-order valence-electron chi connectivity index (χ3n) is 4.75. The van der Waals surface area contributed by atoms with E-state index >= 15 is 0 Å². The molecule has 0 radical (unpaired) electrons. The fourth-order valence-electron chi connectivity index (χ4n) is 3.21. The summed E-state index contributed by atoms with van der Waals surface area (Å²) in [5.41, 5.74) is 0.922. The molecule has 152 valence electrons. The number of hydrogen-bond acceptors (Lipinski definition) is 3. The minimum atomic E-state index is -4.68. The number of alkyl halides is 3. The predicted molar refractivity (Wildman–Crippen MR) is 102 cm³/mol. The van der Waals surface area contributed by atoms with Gasteiger partial charge in [0.25, 0.3) is 0 Å². The van der Waals surface area contributed by atoms with Crippen molar-refractivity contribution in [2.45, 2.75) is 26.6 Å². The van der Waals surface area contributed by atoms with Crippen LogP contribution in [0, 0.1) is 13.8 Å². The monoisotopic (exact) mass is 434 g/mol. The van der Waals surface area contributed by atoms with Gasteiger partial charge in [0.05, 0.1) is 10.7 Å². The second kappa shape index (κ2) is 7.83. The molecule has 3 rings (SSSR count). The lowest BCUT2D eigenvalue weighted by atomic mass is 10.2. The van der Waals surface area contributed by atoms with Crippen molar-refractivity contribution in [3.63, 3.8) is 0 Å². The summed E-state index contributed by atoms with van der Waals surface area (Å²) in [4.78, 5) is 16.2. The molecule has 2 aromatic rings. The van der Waals surface area contributed by atoms with Crippen LogP contribution in [-0.2, 0) is 17.5 Å². The molecule has 0 unspecified atom stereocenters. The first-order chi connectivity index (χ1) is 13.1. The minimum absolute atomic E-state index is 0.0460. The highest BCUT2D eigenvalue weighted by Gasteiger charge is 2.39. The molecule has 2 heterocycles. The Morgan fingerprint density at radius 2 is 1.79 bits per heavy atom. The van der Waals surface area contributed by atoms with Gasteiger partial charge < -0.3 is 9.80 Å². The molecule has 1 aromatic carbocycles. The van der Waals surface area contributed by atoms with Crippen molar-refractivity contribution in [2.75, 3.05) is 31.1 Å². The quantitative estimate of drug-likeness (QED) is 0.727. The summed E-state index contributed by atoms with van der Waals surface area (Å²) in [6, 6.07) is 5.72. The molecule has 5 nitrogen and oxygen atoms in total. The fourth-order valence-corrected chi connectivity index (χ4v) is 3.57. The Kier molecular flexibility index (Phi) is 5.82. The molecule has 0 bridgehead atoms. The maximum absolute atomic E-state index is 13.2. The van der Waals surface area contributed by atoms with E-state index < -0.39 is 29.3 Å². The van der Waals surface area contributed by atoms with Crippen LogP contribution in [0.1, 0.15) is 17.0 Å². The van der Waals surface area contributed by atoms with E-state index in [1.54, 1.807) is 4.90 Å². The Morgan fingerprint density at radius 3 is 2.36 bits per heavy atom. The van der Waals surface area contributed by atoms with Crippen LogP contribution in [0.25, 0.3) is 0 Å². The fraction of sp³-hybridized carbons (Fsp3) is 0.444. The highest BCUT2D eigenvalue weighted by atomic mass is 35.5. The van der Waals surface area contributed by atoms with Gasteiger partial charge in [-0.2, -0.15) is 18.3 Å². The summed E-state index contributed by atoms with van der Waals surface area (Å²) in [5.74, 6) is -0.420. The van der Waals surface area contributed by atoms with Gasteiger partial charge in [-0.15, -0.1) is 0 Å². The van der Waals surface area contributed by atoms with Gasteiger partial charge in [0, 0.05) is 36.9 Å². The van der Waals surface area contributed by atoms with Crippen molar-refractivity contribution >= 4 is 34.8 Å². The van der Waals surface area contributed by atoms with Crippen LogP contribution in [0.4, 0.5) is 18.9 Å². The molecule has 0 saturated carbocycles. The first-order valence-electron chi connectivity index (χ1n) is 8.67. The number of nitrogens with zero attached hydrogens (tertiary/aromatic N) is 4. The van der Waals surface area contributed by atoms with E-state index in [0.717, 1.165) is 11.3 Å². The third-order valence-corrected chi connectivity index (χ3v) is 5.62. The molecular formula is C18H19Cl2F3N4O. The van der Waals surface area contributed by atoms with E-state index in [-0.39, 0.29) is 5.69 Å². The van der Waals surface area contributed by atoms with Gasteiger partial charge in [0.1, 0.15) is 6.54 Å². The predicted octanol–water partition coefficient (Wildman–Crippen LogP) is 4.17. The van der Waals surface area contributed by atoms with Crippen LogP contribution < -0.4 is 4.90 Å². The molecule has 1 amide bonds. The molecule has 0 atom stereocenters. The van der Waals surface area contributed by atoms with Gasteiger partial charge >= 0.3 is 6.18 Å². The van der Waals surface area contributed by atoms with Crippen molar-refractivity contribution < 1.29 is 18.0 Å². The zero-order valence-electron chi connectivity index (χ0n) is 15.4. The van der Waals surface area contributed by atoms with Gasteiger partial charge in [-0.05, 0) is 37.6 Å². The summed E-state index contributed by atoms with van der Waals surface area (Å²) in [6.45, 7) is 4.79. The molecule has 10 heteroatoms. The van der Waals surface area contributed by atoms with Gasteiger partial charge in [-0.3, -0.25) is 4.79 Å². The minimum Gasteiger partial charge on any atom is -0.368 e. The van der Waals surface area contributed by atoms with E-state index in [1.165, 1.54) is 6.92 Å². The topological polar surface area (TPSA) is 41.4 Å². The maximum Gasteiger partial charge on any atom is 0.434 e. The average Bonchev–Trinajstić information content (AvgIpc) is 2.91. The Bertz CT molecular complexity index is 890. The largest absolute Gasteiger partial charge is 0.434 e. The first-order valence-corrected chi connectivity index (χ1v) is 9.42. The zero-order valence-corrected chi connectivity index (χ0v) is 16.9. The molecule has 1 aliphatic heterocycles. The number of carbonyl (C=O) groups excluding carboxylic acids is 1. The third kappa shape index (κ3) is 4.22. The number of aromatic nitrogens is 2. The Morgan fingerprint density at radius 1 is 1.14 bits per heavy atom. The van der Waals surface area contributed by atoms with Crippen molar-refractivity contribution in [3.8, 4) is 0 Å². The molecule has 1 aromatic heterocycles. The number of anilines is 1. The van der Waals surface area contributed by atoms with Crippen molar-refractivity contribution in [3.05, 3.63) is 45.2 Å². The lowest BCUT2D eigenvalue weighted by molar-refractivity contribution is -0.145. The number of aryl methyl sites for hydroxylation is 2. The van der Waals surface area contributed by atoms with Gasteiger partial charge in [0.2, 0.25) is 5.91 Å². The number of hydrogen-bond donors (Lipinski definition) is 0. The van der Waals surface area contributed by atoms with E-state index in [1.807, 2.05) is 25.1 Å². The van der Waals surface area contributed by atoms with E-state index in [9.17, 15) is 18.0 Å². The lowest BCUT2D eigenvalue weighted by Gasteiger charge is -2.36. The van der Waals surface area contributed by atoms with Crippen LogP contribution in [0.15, 0.2) is 18.2 Å². The van der Waals surface area contributed by atoms with Crippen LogP contribution in [-0.4, -0.2) is 46.8 Å². The smallest absolute Gasteiger partial charge is 0.368 e. The number of benzene rings is 1. The van der Waals surface area contributed by atoms with Crippen LogP contribution in [0.2, 0.25) is 10.0 Å². The van der Waals surface area contributed by atoms with E-state index in [4.69, 9.17) is 23.2 Å². The van der Waals surface area contributed by atoms with Crippen LogP contribution >= 0.6 is 23.2 Å². The van der Waals surface area contributed by atoms with Gasteiger partial charge in [-0.25, -0.2) is 4.68 Å². The number of amides is 1.